The van der Waals surface area contributed by atoms with Crippen molar-refractivity contribution >= 4 is 11.6 Å². The molecule has 0 fully saturated rings. The molecular formula is C12H14ClN3. The van der Waals surface area contributed by atoms with Crippen LogP contribution in [-0.2, 0) is 13.1 Å². The summed E-state index contributed by atoms with van der Waals surface area (Å²) < 4.78 is 1.94. The highest BCUT2D eigenvalue weighted by molar-refractivity contribution is 6.30. The summed E-state index contributed by atoms with van der Waals surface area (Å²) in [6.45, 7) is 3.37. The van der Waals surface area contributed by atoms with Crippen molar-refractivity contribution in [3.63, 3.8) is 0 Å². The lowest BCUT2D eigenvalue weighted by Gasteiger charge is -2.07. The Morgan fingerprint density at radius 2 is 2.25 bits per heavy atom. The molecule has 0 saturated carbocycles. The molecule has 3 nitrogen and oxygen atoms in total. The molecule has 0 aliphatic carbocycles. The molecule has 2 N–H and O–H groups in total. The van der Waals surface area contributed by atoms with E-state index in [0.717, 1.165) is 28.4 Å². The van der Waals surface area contributed by atoms with Crippen LogP contribution in [0.15, 0.2) is 30.5 Å². The van der Waals surface area contributed by atoms with Gasteiger partial charge >= 0.3 is 0 Å². The number of aryl methyl sites for hydroxylation is 1. The third-order valence-electron chi connectivity index (χ3n) is 2.53. The molecule has 0 unspecified atom stereocenters. The van der Waals surface area contributed by atoms with Gasteiger partial charge in [-0.15, -0.1) is 0 Å². The lowest BCUT2D eigenvalue weighted by Crippen LogP contribution is -2.02. The average molecular weight is 236 g/mol. The van der Waals surface area contributed by atoms with E-state index >= 15 is 0 Å². The molecule has 2 rings (SSSR count). The van der Waals surface area contributed by atoms with Crippen molar-refractivity contribution < 1.29 is 0 Å². The topological polar surface area (TPSA) is 43.8 Å². The Balaban J connectivity index is 2.57. The van der Waals surface area contributed by atoms with Crippen LogP contribution in [0, 0.1) is 0 Å². The Bertz CT molecular complexity index is 469. The van der Waals surface area contributed by atoms with E-state index in [9.17, 15) is 0 Å². The summed E-state index contributed by atoms with van der Waals surface area (Å²) in [4.78, 5) is 0. The van der Waals surface area contributed by atoms with Gasteiger partial charge < -0.3 is 5.73 Å². The van der Waals surface area contributed by atoms with Crippen molar-refractivity contribution in [3.05, 3.63) is 41.0 Å². The Kier molecular flexibility index (Phi) is 3.27. The van der Waals surface area contributed by atoms with E-state index in [2.05, 4.69) is 12.0 Å². The van der Waals surface area contributed by atoms with E-state index in [4.69, 9.17) is 17.3 Å². The van der Waals surface area contributed by atoms with Gasteiger partial charge in [-0.1, -0.05) is 23.7 Å². The fourth-order valence-electron chi connectivity index (χ4n) is 1.78. The number of aromatic nitrogens is 2. The number of hydrogen-bond acceptors (Lipinski definition) is 2. The monoisotopic (exact) mass is 235 g/mol. The molecule has 16 heavy (non-hydrogen) atoms. The molecule has 1 aromatic heterocycles. The van der Waals surface area contributed by atoms with Gasteiger partial charge in [-0.2, -0.15) is 5.10 Å². The predicted octanol–water partition coefficient (Wildman–Crippen LogP) is 2.68. The van der Waals surface area contributed by atoms with Gasteiger partial charge in [0.2, 0.25) is 0 Å². The normalized spacial score (nSPS) is 10.7. The zero-order valence-electron chi connectivity index (χ0n) is 9.15. The second-order valence-electron chi connectivity index (χ2n) is 3.55. The maximum Gasteiger partial charge on any atom is 0.0727 e. The minimum atomic E-state index is 0.488. The molecular weight excluding hydrogens is 222 g/mol. The van der Waals surface area contributed by atoms with Crippen molar-refractivity contribution in [3.8, 4) is 11.3 Å². The van der Waals surface area contributed by atoms with Crippen LogP contribution in [-0.4, -0.2) is 9.78 Å². The lowest BCUT2D eigenvalue weighted by molar-refractivity contribution is 0.666. The molecule has 0 radical (unpaired) electrons. The fraction of sp³-hybridized carbons (Fsp3) is 0.250. The minimum absolute atomic E-state index is 0.488. The highest BCUT2D eigenvalue weighted by Crippen LogP contribution is 2.25. The number of rotatable bonds is 3. The minimum Gasteiger partial charge on any atom is -0.326 e. The Morgan fingerprint density at radius 3 is 2.88 bits per heavy atom. The second-order valence-corrected chi connectivity index (χ2v) is 3.99. The first-order chi connectivity index (χ1) is 7.76. The molecule has 0 spiro atoms. The molecule has 1 heterocycles. The van der Waals surface area contributed by atoms with Crippen LogP contribution in [0.5, 0.6) is 0 Å². The molecule has 2 aromatic rings. The maximum absolute atomic E-state index is 5.99. The van der Waals surface area contributed by atoms with Gasteiger partial charge in [0.1, 0.15) is 0 Å². The van der Waals surface area contributed by atoms with Crippen molar-refractivity contribution in [1.82, 2.24) is 9.78 Å². The summed E-state index contributed by atoms with van der Waals surface area (Å²) in [6, 6.07) is 7.75. The summed E-state index contributed by atoms with van der Waals surface area (Å²) in [5.74, 6) is 0. The molecule has 4 heteroatoms. The largest absolute Gasteiger partial charge is 0.326 e. The summed E-state index contributed by atoms with van der Waals surface area (Å²) >= 11 is 5.99. The molecule has 0 saturated heterocycles. The Morgan fingerprint density at radius 1 is 1.44 bits per heavy atom. The van der Waals surface area contributed by atoms with Gasteiger partial charge in [-0.05, 0) is 19.1 Å². The van der Waals surface area contributed by atoms with Crippen LogP contribution in [0.3, 0.4) is 0 Å². The number of nitrogens with two attached hydrogens (primary N) is 1. The summed E-state index contributed by atoms with van der Waals surface area (Å²) in [5, 5.41) is 5.03. The molecule has 0 atom stereocenters. The number of nitrogens with zero attached hydrogens (tertiary/aromatic N) is 2. The van der Waals surface area contributed by atoms with Crippen LogP contribution in [0.1, 0.15) is 12.5 Å². The van der Waals surface area contributed by atoms with Crippen molar-refractivity contribution in [2.75, 3.05) is 0 Å². The van der Waals surface area contributed by atoms with Gasteiger partial charge in [0.05, 0.1) is 11.9 Å². The van der Waals surface area contributed by atoms with Gasteiger partial charge in [0, 0.05) is 29.2 Å². The van der Waals surface area contributed by atoms with E-state index in [1.54, 1.807) is 0 Å². The molecule has 1 aromatic carbocycles. The molecule has 84 valence electrons. The molecule has 0 aliphatic rings. The average Bonchev–Trinajstić information content (AvgIpc) is 2.71. The van der Waals surface area contributed by atoms with E-state index < -0.39 is 0 Å². The standard InChI is InChI=1S/C12H14ClN3/c1-2-16-12(10(7-14)8-15-16)9-4-3-5-11(13)6-9/h3-6,8H,2,7,14H2,1H3. The van der Waals surface area contributed by atoms with Gasteiger partial charge in [-0.25, -0.2) is 0 Å². The van der Waals surface area contributed by atoms with Gasteiger partial charge in [0.25, 0.3) is 0 Å². The Labute approximate surface area is 99.8 Å². The zero-order chi connectivity index (χ0) is 11.5. The zero-order valence-corrected chi connectivity index (χ0v) is 9.91. The number of halogens is 1. The summed E-state index contributed by atoms with van der Waals surface area (Å²) in [6.07, 6.45) is 1.82. The van der Waals surface area contributed by atoms with Gasteiger partial charge in [-0.3, -0.25) is 4.68 Å². The first-order valence-corrected chi connectivity index (χ1v) is 5.64. The van der Waals surface area contributed by atoms with Gasteiger partial charge in [0.15, 0.2) is 0 Å². The van der Waals surface area contributed by atoms with Crippen LogP contribution in [0.2, 0.25) is 5.02 Å². The maximum atomic E-state index is 5.99. The lowest BCUT2D eigenvalue weighted by atomic mass is 10.1. The highest BCUT2D eigenvalue weighted by Gasteiger charge is 2.10. The van der Waals surface area contributed by atoms with Crippen LogP contribution in [0.25, 0.3) is 11.3 Å². The van der Waals surface area contributed by atoms with Crippen molar-refractivity contribution in [2.24, 2.45) is 5.73 Å². The van der Waals surface area contributed by atoms with E-state index in [1.807, 2.05) is 35.1 Å². The first-order valence-electron chi connectivity index (χ1n) is 5.27. The molecule has 0 aliphatic heterocycles. The highest BCUT2D eigenvalue weighted by atomic mass is 35.5. The molecule has 0 bridgehead atoms. The summed E-state index contributed by atoms with van der Waals surface area (Å²) in [5.41, 5.74) is 8.88. The smallest absolute Gasteiger partial charge is 0.0727 e. The van der Waals surface area contributed by atoms with Crippen LogP contribution >= 0.6 is 11.6 Å². The number of benzene rings is 1. The quantitative estimate of drug-likeness (QED) is 0.889. The summed E-state index contributed by atoms with van der Waals surface area (Å²) in [7, 11) is 0. The second kappa shape index (κ2) is 4.68. The third kappa shape index (κ3) is 1.96. The fourth-order valence-corrected chi connectivity index (χ4v) is 1.97. The molecule has 0 amide bonds. The van der Waals surface area contributed by atoms with E-state index in [1.165, 1.54) is 0 Å². The predicted molar refractivity (Wildman–Crippen MR) is 66.2 cm³/mol. The number of hydrogen-bond donors (Lipinski definition) is 1. The SMILES string of the molecule is CCn1ncc(CN)c1-c1cccc(Cl)c1. The first kappa shape index (κ1) is 11.2. The third-order valence-corrected chi connectivity index (χ3v) is 2.77. The van der Waals surface area contributed by atoms with E-state index in [-0.39, 0.29) is 0 Å². The van der Waals surface area contributed by atoms with Crippen molar-refractivity contribution in [2.45, 2.75) is 20.0 Å². The van der Waals surface area contributed by atoms with E-state index in [0.29, 0.717) is 6.54 Å². The van der Waals surface area contributed by atoms with Crippen molar-refractivity contribution in [1.29, 1.82) is 0 Å². The van der Waals surface area contributed by atoms with Crippen LogP contribution < -0.4 is 5.73 Å². The Hall–Kier alpha value is -1.32. The van der Waals surface area contributed by atoms with Crippen LogP contribution in [0.4, 0.5) is 0 Å².